The van der Waals surface area contributed by atoms with Gasteiger partial charge in [-0.3, -0.25) is 10.1 Å². The van der Waals surface area contributed by atoms with Crippen LogP contribution in [-0.2, 0) is 4.79 Å². The summed E-state index contributed by atoms with van der Waals surface area (Å²) >= 11 is 3.31. The molecule has 3 rings (SSSR count). The van der Waals surface area contributed by atoms with E-state index in [2.05, 4.69) is 15.9 Å². The summed E-state index contributed by atoms with van der Waals surface area (Å²) in [7, 11) is 0. The van der Waals surface area contributed by atoms with E-state index in [1.807, 2.05) is 0 Å². The number of aliphatic carboxylic acids is 1. The smallest absolute Gasteiger partial charge is 0.336 e. The van der Waals surface area contributed by atoms with Crippen molar-refractivity contribution < 1.29 is 24.3 Å². The third-order valence-electron chi connectivity index (χ3n) is 3.42. The minimum absolute atomic E-state index is 0.0570. The lowest BCUT2D eigenvalue weighted by molar-refractivity contribution is -0.385. The molecule has 1 aliphatic heterocycles. The van der Waals surface area contributed by atoms with E-state index in [1.165, 1.54) is 30.3 Å². The molecular formula is C16H10BrNO6. The predicted octanol–water partition coefficient (Wildman–Crippen LogP) is 3.71. The molecule has 0 unspecified atom stereocenters. The zero-order valence-electron chi connectivity index (χ0n) is 12.1. The highest BCUT2D eigenvalue weighted by atomic mass is 79.9. The van der Waals surface area contributed by atoms with Crippen LogP contribution >= 0.6 is 15.9 Å². The molecule has 24 heavy (non-hydrogen) atoms. The van der Waals surface area contributed by atoms with Crippen molar-refractivity contribution in [2.75, 3.05) is 6.79 Å². The van der Waals surface area contributed by atoms with Gasteiger partial charge in [-0.1, -0.05) is 28.1 Å². The van der Waals surface area contributed by atoms with Crippen LogP contribution in [0.1, 0.15) is 11.1 Å². The molecule has 8 heteroatoms. The first-order valence-electron chi connectivity index (χ1n) is 6.75. The fourth-order valence-corrected chi connectivity index (χ4v) is 2.85. The van der Waals surface area contributed by atoms with E-state index in [9.17, 15) is 20.0 Å². The number of fused-ring (bicyclic) bond motifs is 1. The number of rotatable bonds is 4. The van der Waals surface area contributed by atoms with Gasteiger partial charge in [-0.15, -0.1) is 0 Å². The Balaban J connectivity index is 2.16. The van der Waals surface area contributed by atoms with Crippen LogP contribution in [0.25, 0.3) is 11.6 Å². The summed E-state index contributed by atoms with van der Waals surface area (Å²) in [6.07, 6.45) is 1.27. The SMILES string of the molecule is O=C(O)/C(=C/c1ccccc1[N+](=O)[O-])c1cc2c(cc1Br)OCO2. The summed E-state index contributed by atoms with van der Waals surface area (Å²) in [5, 5.41) is 20.7. The molecule has 0 saturated heterocycles. The van der Waals surface area contributed by atoms with Gasteiger partial charge >= 0.3 is 5.97 Å². The molecule has 122 valence electrons. The highest BCUT2D eigenvalue weighted by Gasteiger charge is 2.22. The van der Waals surface area contributed by atoms with E-state index in [-0.39, 0.29) is 23.6 Å². The van der Waals surface area contributed by atoms with Crippen molar-refractivity contribution in [2.24, 2.45) is 0 Å². The van der Waals surface area contributed by atoms with Crippen LogP contribution in [0.5, 0.6) is 11.5 Å². The van der Waals surface area contributed by atoms with Gasteiger partial charge < -0.3 is 14.6 Å². The summed E-state index contributed by atoms with van der Waals surface area (Å²) in [6, 6.07) is 9.07. The summed E-state index contributed by atoms with van der Waals surface area (Å²) in [4.78, 5) is 22.3. The maximum absolute atomic E-state index is 11.7. The zero-order chi connectivity index (χ0) is 17.3. The molecule has 0 fully saturated rings. The van der Waals surface area contributed by atoms with Crippen LogP contribution in [0, 0.1) is 10.1 Å². The van der Waals surface area contributed by atoms with Crippen molar-refractivity contribution in [3.8, 4) is 11.5 Å². The van der Waals surface area contributed by atoms with Crippen LogP contribution in [0.3, 0.4) is 0 Å². The predicted molar refractivity (Wildman–Crippen MR) is 88.9 cm³/mol. The molecule has 0 aromatic heterocycles. The van der Waals surface area contributed by atoms with Gasteiger partial charge in [-0.2, -0.15) is 0 Å². The van der Waals surface area contributed by atoms with Crippen LogP contribution in [0.4, 0.5) is 5.69 Å². The number of carbonyl (C=O) groups is 1. The molecule has 2 aromatic carbocycles. The van der Waals surface area contributed by atoms with Crippen molar-refractivity contribution in [3.63, 3.8) is 0 Å². The summed E-state index contributed by atoms with van der Waals surface area (Å²) in [6.45, 7) is 0.0570. The number of carboxylic acids is 1. The Hall–Kier alpha value is -2.87. The number of ether oxygens (including phenoxy) is 2. The van der Waals surface area contributed by atoms with Crippen molar-refractivity contribution >= 4 is 39.2 Å². The molecule has 0 amide bonds. The van der Waals surface area contributed by atoms with Gasteiger partial charge in [0.15, 0.2) is 11.5 Å². The Morgan fingerprint density at radius 2 is 1.92 bits per heavy atom. The average molecular weight is 392 g/mol. The number of nitrogens with zero attached hydrogens (tertiary/aromatic N) is 1. The van der Waals surface area contributed by atoms with Gasteiger partial charge in [0, 0.05) is 16.1 Å². The lowest BCUT2D eigenvalue weighted by Gasteiger charge is -2.08. The highest BCUT2D eigenvalue weighted by Crippen LogP contribution is 2.40. The minimum atomic E-state index is -1.22. The van der Waals surface area contributed by atoms with Gasteiger partial charge in [-0.25, -0.2) is 4.79 Å². The quantitative estimate of drug-likeness (QED) is 0.369. The Bertz CT molecular complexity index is 877. The van der Waals surface area contributed by atoms with Gasteiger partial charge in [0.2, 0.25) is 6.79 Å². The Labute approximate surface area is 144 Å². The lowest BCUT2D eigenvalue weighted by Crippen LogP contribution is -2.01. The zero-order valence-corrected chi connectivity index (χ0v) is 13.6. The molecule has 2 aromatic rings. The maximum atomic E-state index is 11.7. The van der Waals surface area contributed by atoms with Gasteiger partial charge in [0.05, 0.1) is 16.1 Å². The number of benzene rings is 2. The maximum Gasteiger partial charge on any atom is 0.336 e. The standard InChI is InChI=1S/C16H10BrNO6/c17-12-7-15-14(23-8-24-15)6-10(12)11(16(19)20)5-9-3-1-2-4-13(9)18(21)22/h1-7H,8H2,(H,19,20)/b11-5+. The molecule has 0 atom stereocenters. The molecule has 0 spiro atoms. The third kappa shape index (κ3) is 2.95. The second kappa shape index (κ2) is 6.32. The molecule has 1 aliphatic rings. The molecule has 1 N–H and O–H groups in total. The molecule has 0 radical (unpaired) electrons. The first kappa shape index (κ1) is 16.0. The van der Waals surface area contributed by atoms with Crippen LogP contribution in [0.15, 0.2) is 40.9 Å². The molecular weight excluding hydrogens is 382 g/mol. The number of halogens is 1. The fourth-order valence-electron chi connectivity index (χ4n) is 2.31. The minimum Gasteiger partial charge on any atom is -0.478 e. The van der Waals surface area contributed by atoms with E-state index in [4.69, 9.17) is 9.47 Å². The van der Waals surface area contributed by atoms with Crippen molar-refractivity contribution in [2.45, 2.75) is 0 Å². The molecule has 1 heterocycles. The second-order valence-electron chi connectivity index (χ2n) is 4.86. The summed E-state index contributed by atoms with van der Waals surface area (Å²) in [5.41, 5.74) is 0.261. The van der Waals surface area contributed by atoms with Crippen molar-refractivity contribution in [1.29, 1.82) is 0 Å². The Kier molecular flexibility index (Phi) is 4.22. The van der Waals surface area contributed by atoms with Gasteiger partial charge in [0.25, 0.3) is 5.69 Å². The van der Waals surface area contributed by atoms with Crippen molar-refractivity contribution in [1.82, 2.24) is 0 Å². The van der Waals surface area contributed by atoms with E-state index >= 15 is 0 Å². The average Bonchev–Trinajstić information content (AvgIpc) is 2.99. The molecule has 7 nitrogen and oxygen atoms in total. The van der Waals surface area contributed by atoms with Crippen LogP contribution in [-0.4, -0.2) is 22.8 Å². The summed E-state index contributed by atoms with van der Waals surface area (Å²) in [5.74, 6) is -0.295. The molecule has 0 bridgehead atoms. The Morgan fingerprint density at radius 3 is 2.58 bits per heavy atom. The lowest BCUT2D eigenvalue weighted by atomic mass is 10.0. The molecule has 0 saturated carbocycles. The topological polar surface area (TPSA) is 98.9 Å². The van der Waals surface area contributed by atoms with Gasteiger partial charge in [-0.05, 0) is 24.3 Å². The number of hydrogen-bond donors (Lipinski definition) is 1. The number of nitro groups is 1. The highest BCUT2D eigenvalue weighted by molar-refractivity contribution is 9.10. The molecule has 0 aliphatic carbocycles. The number of nitro benzene ring substituents is 1. The normalized spacial score (nSPS) is 13.0. The second-order valence-corrected chi connectivity index (χ2v) is 5.72. The van der Waals surface area contributed by atoms with E-state index in [0.29, 0.717) is 21.5 Å². The van der Waals surface area contributed by atoms with Crippen LogP contribution < -0.4 is 9.47 Å². The van der Waals surface area contributed by atoms with E-state index in [0.717, 1.165) is 0 Å². The first-order valence-corrected chi connectivity index (χ1v) is 7.54. The fraction of sp³-hybridized carbons (Fsp3) is 0.0625. The largest absolute Gasteiger partial charge is 0.478 e. The number of carboxylic acid groups (broad SMARTS) is 1. The number of hydrogen-bond acceptors (Lipinski definition) is 5. The first-order chi connectivity index (χ1) is 11.5. The van der Waals surface area contributed by atoms with E-state index < -0.39 is 10.9 Å². The van der Waals surface area contributed by atoms with Crippen LogP contribution in [0.2, 0.25) is 0 Å². The monoisotopic (exact) mass is 391 g/mol. The number of para-hydroxylation sites is 1. The van der Waals surface area contributed by atoms with E-state index in [1.54, 1.807) is 12.1 Å². The Morgan fingerprint density at radius 1 is 1.25 bits per heavy atom. The summed E-state index contributed by atoms with van der Waals surface area (Å²) < 4.78 is 11.0. The van der Waals surface area contributed by atoms with Crippen molar-refractivity contribution in [3.05, 3.63) is 62.1 Å². The van der Waals surface area contributed by atoms with Gasteiger partial charge in [0.1, 0.15) is 0 Å². The third-order valence-corrected chi connectivity index (χ3v) is 4.07.